The maximum atomic E-state index is 2.42. The van der Waals surface area contributed by atoms with E-state index in [1.165, 1.54) is 25.7 Å². The molecule has 0 amide bonds. The van der Waals surface area contributed by atoms with Crippen LogP contribution in [0.25, 0.3) is 0 Å². The minimum absolute atomic E-state index is 0.640. The van der Waals surface area contributed by atoms with Crippen molar-refractivity contribution in [3.63, 3.8) is 0 Å². The SMILES string of the molecule is CC1(C)CC2CC=CCC2C1. The number of allylic oxidation sites excluding steroid dienone is 2. The van der Waals surface area contributed by atoms with Crippen molar-refractivity contribution in [2.24, 2.45) is 17.3 Å². The minimum Gasteiger partial charge on any atom is -0.0882 e. The molecular weight excluding hydrogens is 132 g/mol. The highest BCUT2D eigenvalue weighted by atomic mass is 14.4. The molecule has 0 spiro atoms. The van der Waals surface area contributed by atoms with E-state index in [0.717, 1.165) is 11.8 Å². The predicted molar refractivity (Wildman–Crippen MR) is 48.4 cm³/mol. The number of hydrogen-bond donors (Lipinski definition) is 0. The van der Waals surface area contributed by atoms with Crippen LogP contribution in [-0.2, 0) is 0 Å². The molecule has 0 aliphatic heterocycles. The van der Waals surface area contributed by atoms with Crippen molar-refractivity contribution in [3.05, 3.63) is 12.2 Å². The fraction of sp³-hybridized carbons (Fsp3) is 0.818. The highest BCUT2D eigenvalue weighted by Gasteiger charge is 2.38. The predicted octanol–water partition coefficient (Wildman–Crippen LogP) is 3.39. The number of fused-ring (bicyclic) bond motifs is 1. The molecule has 0 bridgehead atoms. The molecule has 0 nitrogen and oxygen atoms in total. The van der Waals surface area contributed by atoms with Crippen LogP contribution < -0.4 is 0 Å². The van der Waals surface area contributed by atoms with Crippen LogP contribution in [-0.4, -0.2) is 0 Å². The van der Waals surface area contributed by atoms with Gasteiger partial charge in [0.1, 0.15) is 0 Å². The van der Waals surface area contributed by atoms with Crippen molar-refractivity contribution in [2.75, 3.05) is 0 Å². The van der Waals surface area contributed by atoms with Crippen molar-refractivity contribution in [3.8, 4) is 0 Å². The maximum Gasteiger partial charge on any atom is -0.0319 e. The van der Waals surface area contributed by atoms with E-state index in [2.05, 4.69) is 26.0 Å². The van der Waals surface area contributed by atoms with Gasteiger partial charge in [0.05, 0.1) is 0 Å². The van der Waals surface area contributed by atoms with E-state index < -0.39 is 0 Å². The van der Waals surface area contributed by atoms with Crippen molar-refractivity contribution < 1.29 is 0 Å². The van der Waals surface area contributed by atoms with Crippen LogP contribution in [0, 0.1) is 17.3 Å². The maximum absolute atomic E-state index is 2.42. The van der Waals surface area contributed by atoms with Crippen molar-refractivity contribution in [1.29, 1.82) is 0 Å². The molecule has 0 aromatic heterocycles. The first kappa shape index (κ1) is 7.39. The lowest BCUT2D eigenvalue weighted by atomic mass is 9.86. The molecule has 0 aromatic rings. The van der Waals surface area contributed by atoms with Gasteiger partial charge in [-0.2, -0.15) is 0 Å². The van der Waals surface area contributed by atoms with Gasteiger partial charge in [-0.05, 0) is 42.9 Å². The Bertz CT molecular complexity index is 158. The third-order valence-electron chi connectivity index (χ3n) is 3.34. The molecule has 0 radical (unpaired) electrons. The van der Waals surface area contributed by atoms with E-state index in [-0.39, 0.29) is 0 Å². The Morgan fingerprint density at radius 3 is 1.91 bits per heavy atom. The molecule has 0 heteroatoms. The first-order valence-electron chi connectivity index (χ1n) is 4.82. The molecular formula is C11H18. The second-order valence-electron chi connectivity index (χ2n) is 5.04. The van der Waals surface area contributed by atoms with Gasteiger partial charge in [-0.1, -0.05) is 26.0 Å². The molecule has 0 aromatic carbocycles. The topological polar surface area (TPSA) is 0 Å². The number of rotatable bonds is 0. The van der Waals surface area contributed by atoms with Crippen LogP contribution in [0.4, 0.5) is 0 Å². The lowest BCUT2D eigenvalue weighted by Gasteiger charge is -2.19. The second-order valence-corrected chi connectivity index (χ2v) is 5.04. The van der Waals surface area contributed by atoms with Gasteiger partial charge in [-0.15, -0.1) is 0 Å². The monoisotopic (exact) mass is 150 g/mol. The average Bonchev–Trinajstić information content (AvgIpc) is 2.21. The van der Waals surface area contributed by atoms with Crippen LogP contribution in [0.1, 0.15) is 39.5 Å². The molecule has 2 unspecified atom stereocenters. The molecule has 2 aliphatic rings. The fourth-order valence-corrected chi connectivity index (χ4v) is 2.93. The van der Waals surface area contributed by atoms with E-state index in [4.69, 9.17) is 0 Å². The molecule has 2 aliphatic carbocycles. The molecule has 11 heavy (non-hydrogen) atoms. The van der Waals surface area contributed by atoms with Gasteiger partial charge in [-0.25, -0.2) is 0 Å². The van der Waals surface area contributed by atoms with Crippen LogP contribution in [0.3, 0.4) is 0 Å². The third kappa shape index (κ3) is 1.36. The van der Waals surface area contributed by atoms with Crippen molar-refractivity contribution in [1.82, 2.24) is 0 Å². The smallest absolute Gasteiger partial charge is 0.0319 e. The fourth-order valence-electron chi connectivity index (χ4n) is 2.93. The third-order valence-corrected chi connectivity index (χ3v) is 3.34. The first-order chi connectivity index (χ1) is 5.17. The molecule has 62 valence electrons. The average molecular weight is 150 g/mol. The Morgan fingerprint density at radius 1 is 1.00 bits per heavy atom. The number of hydrogen-bond acceptors (Lipinski definition) is 0. The zero-order valence-electron chi connectivity index (χ0n) is 7.64. The van der Waals surface area contributed by atoms with Crippen LogP contribution >= 0.6 is 0 Å². The van der Waals surface area contributed by atoms with Crippen molar-refractivity contribution in [2.45, 2.75) is 39.5 Å². The van der Waals surface area contributed by atoms with Gasteiger partial charge < -0.3 is 0 Å². The highest BCUT2D eigenvalue weighted by molar-refractivity contribution is 5.00. The summed E-state index contributed by atoms with van der Waals surface area (Å²) in [4.78, 5) is 0. The Kier molecular flexibility index (Phi) is 1.59. The van der Waals surface area contributed by atoms with Crippen molar-refractivity contribution >= 4 is 0 Å². The molecule has 0 saturated heterocycles. The summed E-state index contributed by atoms with van der Waals surface area (Å²) in [7, 11) is 0. The van der Waals surface area contributed by atoms with Gasteiger partial charge in [0.2, 0.25) is 0 Å². The summed E-state index contributed by atoms with van der Waals surface area (Å²) in [6, 6.07) is 0. The molecule has 2 atom stereocenters. The van der Waals surface area contributed by atoms with Gasteiger partial charge >= 0.3 is 0 Å². The standard InChI is InChI=1S/C11H18/c1-11(2)7-9-5-3-4-6-10(9)8-11/h3-4,9-10H,5-8H2,1-2H3. The summed E-state index contributed by atoms with van der Waals surface area (Å²) < 4.78 is 0. The lowest BCUT2D eigenvalue weighted by Crippen LogP contribution is -2.08. The zero-order chi connectivity index (χ0) is 7.90. The molecule has 1 saturated carbocycles. The summed E-state index contributed by atoms with van der Waals surface area (Å²) >= 11 is 0. The Morgan fingerprint density at radius 2 is 1.45 bits per heavy atom. The summed E-state index contributed by atoms with van der Waals surface area (Å²) in [6.07, 6.45) is 10.4. The van der Waals surface area contributed by atoms with Gasteiger partial charge in [0, 0.05) is 0 Å². The van der Waals surface area contributed by atoms with Gasteiger partial charge in [0.25, 0.3) is 0 Å². The highest BCUT2D eigenvalue weighted by Crippen LogP contribution is 2.49. The van der Waals surface area contributed by atoms with E-state index in [1.54, 1.807) is 0 Å². The molecule has 1 fully saturated rings. The van der Waals surface area contributed by atoms with E-state index in [0.29, 0.717) is 5.41 Å². The summed E-state index contributed by atoms with van der Waals surface area (Å²) in [5.41, 5.74) is 0.640. The first-order valence-corrected chi connectivity index (χ1v) is 4.82. The van der Waals surface area contributed by atoms with Crippen LogP contribution in [0.15, 0.2) is 12.2 Å². The van der Waals surface area contributed by atoms with Crippen LogP contribution in [0.5, 0.6) is 0 Å². The summed E-state index contributed by atoms with van der Waals surface area (Å²) in [6.45, 7) is 4.84. The quantitative estimate of drug-likeness (QED) is 0.464. The van der Waals surface area contributed by atoms with E-state index in [1.807, 2.05) is 0 Å². The second kappa shape index (κ2) is 2.36. The van der Waals surface area contributed by atoms with E-state index >= 15 is 0 Å². The molecule has 2 rings (SSSR count). The largest absolute Gasteiger partial charge is 0.0882 e. The summed E-state index contributed by atoms with van der Waals surface area (Å²) in [5, 5.41) is 0. The lowest BCUT2D eigenvalue weighted by molar-refractivity contribution is 0.360. The zero-order valence-corrected chi connectivity index (χ0v) is 7.64. The Labute approximate surface area is 69.7 Å². The van der Waals surface area contributed by atoms with Crippen LogP contribution in [0.2, 0.25) is 0 Å². The normalized spacial score (nSPS) is 40.5. The Balaban J connectivity index is 2.09. The van der Waals surface area contributed by atoms with Gasteiger partial charge in [0.15, 0.2) is 0 Å². The minimum atomic E-state index is 0.640. The van der Waals surface area contributed by atoms with E-state index in [9.17, 15) is 0 Å². The molecule has 0 heterocycles. The summed E-state index contributed by atoms with van der Waals surface area (Å²) in [5.74, 6) is 2.05. The Hall–Kier alpha value is -0.260. The molecule has 0 N–H and O–H groups in total. The van der Waals surface area contributed by atoms with Gasteiger partial charge in [-0.3, -0.25) is 0 Å².